The first-order chi connectivity index (χ1) is 11.2. The van der Waals surface area contributed by atoms with Crippen molar-refractivity contribution in [1.29, 1.82) is 0 Å². The summed E-state index contributed by atoms with van der Waals surface area (Å²) in [5.41, 5.74) is -1.03. The third kappa shape index (κ3) is 3.70. The molecule has 1 fully saturated rings. The van der Waals surface area contributed by atoms with E-state index in [1.54, 1.807) is 20.8 Å². The Labute approximate surface area is 137 Å². The molecule has 1 aromatic heterocycles. The van der Waals surface area contributed by atoms with Crippen LogP contribution in [-0.2, 0) is 19.1 Å². The summed E-state index contributed by atoms with van der Waals surface area (Å²) in [6.07, 6.45) is 0.392. The summed E-state index contributed by atoms with van der Waals surface area (Å²) in [5.74, 6) is -1.28. The number of aromatic nitrogens is 1. The van der Waals surface area contributed by atoms with Gasteiger partial charge in [-0.05, 0) is 20.3 Å². The Morgan fingerprint density at radius 3 is 2.71 bits per heavy atom. The molecule has 4 amide bonds. The zero-order valence-electron chi connectivity index (χ0n) is 13.5. The standard InChI is InChI=1S/C14H18N4O6/c1-4-14(3)12(21)18(13(22)16-14)6-11(20)23-7-10(19)15-9-5-8(2)24-17-9/h5H,4,6-7H2,1-3H3,(H,16,22)(H,15,17,19)/t14-/m1/s1. The van der Waals surface area contributed by atoms with Crippen molar-refractivity contribution in [3.05, 3.63) is 11.8 Å². The minimum atomic E-state index is -1.03. The van der Waals surface area contributed by atoms with Crippen LogP contribution < -0.4 is 10.6 Å². The Balaban J connectivity index is 1.82. The third-order valence-electron chi connectivity index (χ3n) is 3.60. The smallest absolute Gasteiger partial charge is 0.326 e. The van der Waals surface area contributed by atoms with Crippen molar-refractivity contribution in [3.63, 3.8) is 0 Å². The van der Waals surface area contributed by atoms with Crippen molar-refractivity contribution in [2.75, 3.05) is 18.5 Å². The molecule has 10 heteroatoms. The van der Waals surface area contributed by atoms with Crippen molar-refractivity contribution in [2.24, 2.45) is 0 Å². The Hall–Kier alpha value is -2.91. The molecule has 0 radical (unpaired) electrons. The number of rotatable bonds is 6. The molecular formula is C14H18N4O6. The van der Waals surface area contributed by atoms with Crippen LogP contribution in [0.1, 0.15) is 26.0 Å². The highest BCUT2D eigenvalue weighted by atomic mass is 16.5. The lowest BCUT2D eigenvalue weighted by atomic mass is 9.99. The number of carbonyl (C=O) groups is 4. The van der Waals surface area contributed by atoms with Crippen LogP contribution in [0.4, 0.5) is 10.6 Å². The maximum atomic E-state index is 12.1. The fourth-order valence-electron chi connectivity index (χ4n) is 2.06. The van der Waals surface area contributed by atoms with E-state index >= 15 is 0 Å². The molecule has 0 bridgehead atoms. The summed E-state index contributed by atoms with van der Waals surface area (Å²) in [7, 11) is 0. The second-order valence-corrected chi connectivity index (χ2v) is 5.54. The van der Waals surface area contributed by atoms with Gasteiger partial charge in [-0.1, -0.05) is 12.1 Å². The molecule has 2 N–H and O–H groups in total. The van der Waals surface area contributed by atoms with Crippen LogP contribution in [-0.4, -0.2) is 52.6 Å². The van der Waals surface area contributed by atoms with Gasteiger partial charge in [0.2, 0.25) is 0 Å². The van der Waals surface area contributed by atoms with Gasteiger partial charge in [0.25, 0.3) is 11.8 Å². The second kappa shape index (κ2) is 6.69. The lowest BCUT2D eigenvalue weighted by Gasteiger charge is -2.18. The monoisotopic (exact) mass is 338 g/mol. The number of nitrogens with zero attached hydrogens (tertiary/aromatic N) is 2. The number of carbonyl (C=O) groups excluding carboxylic acids is 4. The van der Waals surface area contributed by atoms with Gasteiger partial charge < -0.3 is 19.9 Å². The van der Waals surface area contributed by atoms with E-state index < -0.39 is 42.5 Å². The van der Waals surface area contributed by atoms with Crippen molar-refractivity contribution in [2.45, 2.75) is 32.7 Å². The quantitative estimate of drug-likeness (QED) is 0.559. The molecule has 1 saturated heterocycles. The Morgan fingerprint density at radius 1 is 1.46 bits per heavy atom. The molecule has 0 spiro atoms. The highest BCUT2D eigenvalue weighted by Gasteiger charge is 2.47. The minimum absolute atomic E-state index is 0.196. The zero-order chi connectivity index (χ0) is 17.9. The first kappa shape index (κ1) is 17.4. The van der Waals surface area contributed by atoms with Crippen LogP contribution in [0.5, 0.6) is 0 Å². The van der Waals surface area contributed by atoms with Gasteiger partial charge >= 0.3 is 12.0 Å². The highest BCUT2D eigenvalue weighted by molar-refractivity contribution is 6.08. The molecule has 24 heavy (non-hydrogen) atoms. The molecule has 0 unspecified atom stereocenters. The molecule has 0 saturated carbocycles. The largest absolute Gasteiger partial charge is 0.454 e. The number of amides is 4. The van der Waals surface area contributed by atoms with E-state index in [4.69, 9.17) is 9.26 Å². The number of esters is 1. The fourth-order valence-corrected chi connectivity index (χ4v) is 2.06. The van der Waals surface area contributed by atoms with E-state index in [0.717, 1.165) is 4.90 Å². The lowest BCUT2D eigenvalue weighted by Crippen LogP contribution is -2.43. The van der Waals surface area contributed by atoms with Gasteiger partial charge in [-0.3, -0.25) is 19.3 Å². The van der Waals surface area contributed by atoms with E-state index in [1.165, 1.54) is 6.07 Å². The summed E-state index contributed by atoms with van der Waals surface area (Å²) in [6.45, 7) is 3.85. The van der Waals surface area contributed by atoms with Gasteiger partial charge in [-0.15, -0.1) is 0 Å². The predicted molar refractivity (Wildman–Crippen MR) is 79.8 cm³/mol. The Morgan fingerprint density at radius 2 is 2.17 bits per heavy atom. The van der Waals surface area contributed by atoms with Gasteiger partial charge in [0.1, 0.15) is 17.8 Å². The molecule has 1 aliphatic rings. The van der Waals surface area contributed by atoms with E-state index in [-0.39, 0.29) is 5.82 Å². The maximum absolute atomic E-state index is 12.1. The van der Waals surface area contributed by atoms with Crippen molar-refractivity contribution < 1.29 is 28.4 Å². The summed E-state index contributed by atoms with van der Waals surface area (Å²) in [4.78, 5) is 48.0. The molecule has 1 aromatic rings. The van der Waals surface area contributed by atoms with Crippen LogP contribution in [0.25, 0.3) is 0 Å². The Kier molecular flexibility index (Phi) is 4.86. The highest BCUT2D eigenvalue weighted by Crippen LogP contribution is 2.20. The van der Waals surface area contributed by atoms with Crippen molar-refractivity contribution in [3.8, 4) is 0 Å². The first-order valence-corrected chi connectivity index (χ1v) is 7.28. The van der Waals surface area contributed by atoms with E-state index in [9.17, 15) is 19.2 Å². The number of hydrogen-bond acceptors (Lipinski definition) is 7. The summed E-state index contributed by atoms with van der Waals surface area (Å²) < 4.78 is 9.53. The SMILES string of the molecule is CC[C@@]1(C)NC(=O)N(CC(=O)OCC(=O)Nc2cc(C)on2)C1=O. The molecule has 130 valence electrons. The van der Waals surface area contributed by atoms with Gasteiger partial charge in [-0.2, -0.15) is 0 Å². The second-order valence-electron chi connectivity index (χ2n) is 5.54. The lowest BCUT2D eigenvalue weighted by molar-refractivity contribution is -0.150. The van der Waals surface area contributed by atoms with Crippen molar-refractivity contribution >= 4 is 29.6 Å². The number of anilines is 1. The number of hydrogen-bond donors (Lipinski definition) is 2. The van der Waals surface area contributed by atoms with E-state index in [2.05, 4.69) is 15.8 Å². The van der Waals surface area contributed by atoms with E-state index in [0.29, 0.717) is 12.2 Å². The fraction of sp³-hybridized carbons (Fsp3) is 0.500. The van der Waals surface area contributed by atoms with Crippen molar-refractivity contribution in [1.82, 2.24) is 15.4 Å². The van der Waals surface area contributed by atoms with Crippen LogP contribution >= 0.6 is 0 Å². The van der Waals surface area contributed by atoms with Gasteiger partial charge in [0.15, 0.2) is 12.4 Å². The molecule has 1 aliphatic heterocycles. The average Bonchev–Trinajstić information content (AvgIpc) is 3.02. The van der Waals surface area contributed by atoms with Gasteiger partial charge in [-0.25, -0.2) is 4.79 Å². The van der Waals surface area contributed by atoms with Gasteiger partial charge in [0.05, 0.1) is 0 Å². The Bertz CT molecular complexity index is 685. The summed E-state index contributed by atoms with van der Waals surface area (Å²) in [6, 6.07) is 0.835. The summed E-state index contributed by atoms with van der Waals surface area (Å²) in [5, 5.41) is 8.45. The van der Waals surface area contributed by atoms with E-state index in [1.807, 2.05) is 0 Å². The molecule has 0 aliphatic carbocycles. The van der Waals surface area contributed by atoms with Crippen LogP contribution in [0.2, 0.25) is 0 Å². The van der Waals surface area contributed by atoms with Crippen LogP contribution in [0, 0.1) is 6.92 Å². The molecule has 10 nitrogen and oxygen atoms in total. The van der Waals surface area contributed by atoms with Crippen LogP contribution in [0.15, 0.2) is 10.6 Å². The molecular weight excluding hydrogens is 320 g/mol. The topological polar surface area (TPSA) is 131 Å². The number of urea groups is 1. The number of aryl methyl sites for hydroxylation is 1. The average molecular weight is 338 g/mol. The molecule has 2 rings (SSSR count). The number of nitrogens with one attached hydrogen (secondary N) is 2. The number of ether oxygens (including phenoxy) is 1. The minimum Gasteiger partial charge on any atom is -0.454 e. The molecule has 0 aromatic carbocycles. The van der Waals surface area contributed by atoms with Crippen LogP contribution in [0.3, 0.4) is 0 Å². The van der Waals surface area contributed by atoms with Gasteiger partial charge in [0, 0.05) is 6.07 Å². The normalized spacial score (nSPS) is 20.0. The third-order valence-corrected chi connectivity index (χ3v) is 3.60. The predicted octanol–water partition coefficient (Wildman–Crippen LogP) is 0.185. The molecule has 2 heterocycles. The zero-order valence-corrected chi connectivity index (χ0v) is 13.5. The maximum Gasteiger partial charge on any atom is 0.326 e. The summed E-state index contributed by atoms with van der Waals surface area (Å²) >= 11 is 0. The first-order valence-electron chi connectivity index (χ1n) is 7.28. The molecule has 1 atom stereocenters. The number of imide groups is 1.